The maximum absolute atomic E-state index is 12.1. The zero-order valence-corrected chi connectivity index (χ0v) is 13.4. The molecule has 1 atom stereocenters. The van der Waals surface area contributed by atoms with Crippen molar-refractivity contribution in [2.75, 3.05) is 13.2 Å². The molecule has 1 unspecified atom stereocenters. The van der Waals surface area contributed by atoms with Crippen LogP contribution >= 0.6 is 12.2 Å². The van der Waals surface area contributed by atoms with Crippen molar-refractivity contribution in [2.24, 2.45) is 5.73 Å². The molecular weight excluding hydrogens is 308 g/mol. The van der Waals surface area contributed by atoms with Crippen molar-refractivity contribution in [3.63, 3.8) is 0 Å². The Morgan fingerprint density at radius 2 is 2.24 bits per heavy atom. The summed E-state index contributed by atoms with van der Waals surface area (Å²) in [6.07, 6.45) is 3.02. The summed E-state index contributed by atoms with van der Waals surface area (Å²) < 4.78 is 32.3. The minimum atomic E-state index is -3.39. The van der Waals surface area contributed by atoms with Crippen molar-refractivity contribution in [2.45, 2.75) is 31.1 Å². The summed E-state index contributed by atoms with van der Waals surface area (Å²) in [4.78, 5) is 0.262. The van der Waals surface area contributed by atoms with Crippen molar-refractivity contribution < 1.29 is 13.2 Å². The van der Waals surface area contributed by atoms with Crippen LogP contribution in [0.4, 0.5) is 0 Å². The van der Waals surface area contributed by atoms with Gasteiger partial charge in [-0.2, -0.15) is 0 Å². The highest BCUT2D eigenvalue weighted by molar-refractivity contribution is 7.88. The molecule has 0 aromatic heterocycles. The lowest BCUT2D eigenvalue weighted by molar-refractivity contribution is 0.0200. The summed E-state index contributed by atoms with van der Waals surface area (Å²) in [6.45, 7) is 1.04. The van der Waals surface area contributed by atoms with Crippen molar-refractivity contribution in [1.82, 2.24) is 4.72 Å². The Balaban J connectivity index is 1.93. The fraction of sp³-hybridized carbons (Fsp3) is 0.500. The minimum absolute atomic E-state index is 0.0171. The fourth-order valence-corrected chi connectivity index (χ4v) is 3.56. The molecule has 116 valence electrons. The highest BCUT2D eigenvalue weighted by Gasteiger charge is 2.18. The molecule has 0 saturated carbocycles. The first kappa shape index (κ1) is 16.4. The van der Waals surface area contributed by atoms with Gasteiger partial charge in [0.25, 0.3) is 0 Å². The Labute approximate surface area is 130 Å². The number of thiocarbonyl (C=S) groups is 1. The number of rotatable bonds is 6. The third-order valence-electron chi connectivity index (χ3n) is 3.37. The van der Waals surface area contributed by atoms with Gasteiger partial charge in [0, 0.05) is 18.7 Å². The van der Waals surface area contributed by atoms with Crippen molar-refractivity contribution in [3.05, 3.63) is 35.4 Å². The molecule has 0 spiro atoms. The monoisotopic (exact) mass is 328 g/mol. The summed E-state index contributed by atoms with van der Waals surface area (Å²) in [5.74, 6) is -0.0871. The standard InChI is InChI=1S/C14H20N2O3S2/c15-14(20)12-5-3-4-11(8-12)10-21(17,18)16-9-13-6-1-2-7-19-13/h3-5,8,13,16H,1-2,6-7,9-10H2,(H2,15,20). The summed E-state index contributed by atoms with van der Waals surface area (Å²) >= 11 is 4.90. The Morgan fingerprint density at radius 3 is 2.90 bits per heavy atom. The second kappa shape index (κ2) is 7.31. The van der Waals surface area contributed by atoms with Crippen molar-refractivity contribution >= 4 is 27.2 Å². The summed E-state index contributed by atoms with van der Waals surface area (Å²) in [5.41, 5.74) is 6.89. The molecule has 1 saturated heterocycles. The van der Waals surface area contributed by atoms with Gasteiger partial charge in [-0.15, -0.1) is 0 Å². The lowest BCUT2D eigenvalue weighted by atomic mass is 10.1. The van der Waals surface area contributed by atoms with Gasteiger partial charge >= 0.3 is 0 Å². The Hall–Kier alpha value is -1.02. The quantitative estimate of drug-likeness (QED) is 0.770. The van der Waals surface area contributed by atoms with Crippen LogP contribution in [0.1, 0.15) is 30.4 Å². The van der Waals surface area contributed by atoms with Gasteiger partial charge in [0.2, 0.25) is 10.0 Å². The molecule has 5 nitrogen and oxygen atoms in total. The zero-order valence-electron chi connectivity index (χ0n) is 11.7. The molecule has 3 N–H and O–H groups in total. The summed E-state index contributed by atoms with van der Waals surface area (Å²) in [6, 6.07) is 6.97. The number of nitrogens with one attached hydrogen (secondary N) is 1. The third kappa shape index (κ3) is 5.35. The minimum Gasteiger partial charge on any atom is -0.389 e. The number of hydrogen-bond donors (Lipinski definition) is 2. The van der Waals surface area contributed by atoms with Gasteiger partial charge in [0.05, 0.1) is 11.9 Å². The number of sulfonamides is 1. The van der Waals surface area contributed by atoms with E-state index in [1.54, 1.807) is 24.3 Å². The van der Waals surface area contributed by atoms with E-state index in [4.69, 9.17) is 22.7 Å². The first-order chi connectivity index (χ1) is 9.96. The highest BCUT2D eigenvalue weighted by Crippen LogP contribution is 2.13. The lowest BCUT2D eigenvalue weighted by Crippen LogP contribution is -2.36. The van der Waals surface area contributed by atoms with E-state index in [-0.39, 0.29) is 16.8 Å². The van der Waals surface area contributed by atoms with E-state index in [0.717, 1.165) is 19.3 Å². The second-order valence-electron chi connectivity index (χ2n) is 5.16. The number of ether oxygens (including phenoxy) is 1. The first-order valence-corrected chi connectivity index (χ1v) is 9.00. The Morgan fingerprint density at radius 1 is 1.43 bits per heavy atom. The van der Waals surface area contributed by atoms with E-state index >= 15 is 0 Å². The molecule has 0 aliphatic carbocycles. The lowest BCUT2D eigenvalue weighted by Gasteiger charge is -2.22. The SMILES string of the molecule is NC(=S)c1cccc(CS(=O)(=O)NCC2CCCCO2)c1. The maximum Gasteiger partial charge on any atom is 0.215 e. The van der Waals surface area contributed by atoms with Crippen LogP contribution in [0.25, 0.3) is 0 Å². The average molecular weight is 328 g/mol. The topological polar surface area (TPSA) is 81.4 Å². The smallest absolute Gasteiger partial charge is 0.215 e. The molecule has 7 heteroatoms. The molecule has 1 aromatic carbocycles. The van der Waals surface area contributed by atoms with Gasteiger partial charge < -0.3 is 10.5 Å². The molecule has 0 amide bonds. The first-order valence-electron chi connectivity index (χ1n) is 6.94. The fourth-order valence-electron chi connectivity index (χ4n) is 2.27. The normalized spacial score (nSPS) is 19.3. The zero-order chi connectivity index (χ0) is 15.3. The van der Waals surface area contributed by atoms with E-state index in [9.17, 15) is 8.42 Å². The molecule has 1 fully saturated rings. The van der Waals surface area contributed by atoms with Gasteiger partial charge in [-0.3, -0.25) is 0 Å². The van der Waals surface area contributed by atoms with E-state index < -0.39 is 10.0 Å². The van der Waals surface area contributed by atoms with Crippen molar-refractivity contribution in [1.29, 1.82) is 0 Å². The van der Waals surface area contributed by atoms with Gasteiger partial charge in [0.15, 0.2) is 0 Å². The average Bonchev–Trinajstić information content (AvgIpc) is 2.46. The van der Waals surface area contributed by atoms with E-state index in [0.29, 0.717) is 24.3 Å². The van der Waals surface area contributed by atoms with Crippen LogP contribution in [-0.2, 0) is 20.5 Å². The van der Waals surface area contributed by atoms with Crippen LogP contribution in [-0.4, -0.2) is 32.7 Å². The van der Waals surface area contributed by atoms with E-state index in [2.05, 4.69) is 4.72 Å². The number of nitrogens with two attached hydrogens (primary N) is 1. The molecule has 0 bridgehead atoms. The summed E-state index contributed by atoms with van der Waals surface area (Å²) in [5, 5.41) is 0. The van der Waals surface area contributed by atoms with Crippen LogP contribution in [0.5, 0.6) is 0 Å². The molecule has 1 heterocycles. The maximum atomic E-state index is 12.1. The molecule has 1 aliphatic rings. The Kier molecular flexibility index (Phi) is 5.69. The van der Waals surface area contributed by atoms with Crippen LogP contribution in [0.3, 0.4) is 0 Å². The Bertz CT molecular complexity index is 596. The van der Waals surface area contributed by atoms with E-state index in [1.165, 1.54) is 0 Å². The molecular formula is C14H20N2O3S2. The largest absolute Gasteiger partial charge is 0.389 e. The molecule has 2 rings (SSSR count). The number of benzene rings is 1. The van der Waals surface area contributed by atoms with Gasteiger partial charge in [0.1, 0.15) is 4.99 Å². The van der Waals surface area contributed by atoms with Crippen LogP contribution in [0.2, 0.25) is 0 Å². The molecule has 1 aromatic rings. The molecule has 21 heavy (non-hydrogen) atoms. The van der Waals surface area contributed by atoms with Gasteiger partial charge in [-0.05, 0) is 30.9 Å². The van der Waals surface area contributed by atoms with Crippen LogP contribution in [0, 0.1) is 0 Å². The third-order valence-corrected chi connectivity index (χ3v) is 4.93. The molecule has 1 aliphatic heterocycles. The highest BCUT2D eigenvalue weighted by atomic mass is 32.2. The van der Waals surface area contributed by atoms with Crippen LogP contribution in [0.15, 0.2) is 24.3 Å². The van der Waals surface area contributed by atoms with Crippen LogP contribution < -0.4 is 10.5 Å². The van der Waals surface area contributed by atoms with E-state index in [1.807, 2.05) is 0 Å². The van der Waals surface area contributed by atoms with Gasteiger partial charge in [-0.25, -0.2) is 13.1 Å². The second-order valence-corrected chi connectivity index (χ2v) is 7.41. The predicted octanol–water partition coefficient (Wildman–Crippen LogP) is 1.31. The number of hydrogen-bond acceptors (Lipinski definition) is 4. The summed E-state index contributed by atoms with van der Waals surface area (Å²) in [7, 11) is -3.39. The predicted molar refractivity (Wildman–Crippen MR) is 86.5 cm³/mol. The van der Waals surface area contributed by atoms with Gasteiger partial charge in [-0.1, -0.05) is 30.4 Å². The molecule has 0 radical (unpaired) electrons. The van der Waals surface area contributed by atoms with Crippen molar-refractivity contribution in [3.8, 4) is 0 Å².